The molecule has 2 aromatic rings. The second-order valence-corrected chi connectivity index (χ2v) is 4.63. The van der Waals surface area contributed by atoms with Crippen LogP contribution in [0.5, 0.6) is 5.75 Å². The number of halogens is 1. The first kappa shape index (κ1) is 13.0. The molecule has 96 valence electrons. The predicted molar refractivity (Wildman–Crippen MR) is 69.3 cm³/mol. The number of phenolic OH excluding ortho intramolecular Hbond substituents is 1. The Kier molecular flexibility index (Phi) is 4.33. The summed E-state index contributed by atoms with van der Waals surface area (Å²) in [5, 5.41) is 13.5. The van der Waals surface area contributed by atoms with E-state index < -0.39 is 0 Å². The molecule has 0 aliphatic rings. The maximum absolute atomic E-state index is 9.59. The van der Waals surface area contributed by atoms with Crippen LogP contribution in [-0.4, -0.2) is 29.0 Å². The van der Waals surface area contributed by atoms with E-state index in [1.165, 1.54) is 0 Å². The Morgan fingerprint density at radius 3 is 3.00 bits per heavy atom. The number of hydrogen-bond donors (Lipinski definition) is 1. The minimum Gasteiger partial charge on any atom is -0.507 e. The molecule has 0 radical (unpaired) electrons. The van der Waals surface area contributed by atoms with Gasteiger partial charge in [-0.3, -0.25) is 0 Å². The van der Waals surface area contributed by atoms with E-state index in [2.05, 4.69) is 26.1 Å². The molecule has 1 heterocycles. The van der Waals surface area contributed by atoms with Crippen LogP contribution in [0, 0.1) is 0 Å². The molecule has 2 rings (SSSR count). The lowest BCUT2D eigenvalue weighted by Gasteiger charge is -1.98. The second kappa shape index (κ2) is 5.97. The van der Waals surface area contributed by atoms with Gasteiger partial charge in [0.1, 0.15) is 5.75 Å². The number of hydrogen-bond acceptors (Lipinski definition) is 5. The molecule has 0 fully saturated rings. The summed E-state index contributed by atoms with van der Waals surface area (Å²) in [5.41, 5.74) is 0.696. The Balaban J connectivity index is 2.11. The first-order chi connectivity index (χ1) is 8.70. The third kappa shape index (κ3) is 3.08. The fourth-order valence-corrected chi connectivity index (χ4v) is 1.74. The molecule has 5 nitrogen and oxygen atoms in total. The van der Waals surface area contributed by atoms with Crippen molar-refractivity contribution in [2.24, 2.45) is 0 Å². The Morgan fingerprint density at radius 2 is 2.28 bits per heavy atom. The van der Waals surface area contributed by atoms with Gasteiger partial charge in [-0.2, -0.15) is 4.98 Å². The minimum absolute atomic E-state index is 0.145. The summed E-state index contributed by atoms with van der Waals surface area (Å²) in [6.45, 7) is 0.670. The van der Waals surface area contributed by atoms with Crippen molar-refractivity contribution in [2.45, 2.75) is 12.8 Å². The Morgan fingerprint density at radius 1 is 1.44 bits per heavy atom. The van der Waals surface area contributed by atoms with Crippen molar-refractivity contribution < 1.29 is 14.4 Å². The van der Waals surface area contributed by atoms with E-state index >= 15 is 0 Å². The van der Waals surface area contributed by atoms with Crippen LogP contribution in [0.25, 0.3) is 11.5 Å². The van der Waals surface area contributed by atoms with Gasteiger partial charge in [0.2, 0.25) is 0 Å². The number of rotatable bonds is 5. The Labute approximate surface area is 113 Å². The third-order valence-corrected chi connectivity index (χ3v) is 3.08. The highest BCUT2D eigenvalue weighted by atomic mass is 79.9. The van der Waals surface area contributed by atoms with E-state index in [0.29, 0.717) is 34.8 Å². The number of aromatic nitrogens is 2. The van der Waals surface area contributed by atoms with E-state index in [1.54, 1.807) is 25.3 Å². The first-order valence-electron chi connectivity index (χ1n) is 5.51. The van der Waals surface area contributed by atoms with Gasteiger partial charge in [0, 0.05) is 25.7 Å². The lowest BCUT2D eigenvalue weighted by Crippen LogP contribution is -1.94. The quantitative estimate of drug-likeness (QED) is 0.860. The fraction of sp³-hybridized carbons (Fsp3) is 0.333. The highest BCUT2D eigenvalue weighted by Gasteiger charge is 2.10. The fourth-order valence-electron chi connectivity index (χ4n) is 1.49. The molecule has 0 bridgehead atoms. The van der Waals surface area contributed by atoms with Crippen LogP contribution < -0.4 is 0 Å². The van der Waals surface area contributed by atoms with Gasteiger partial charge in [0.15, 0.2) is 5.82 Å². The summed E-state index contributed by atoms with van der Waals surface area (Å²) in [7, 11) is 1.66. The molecule has 0 aliphatic heterocycles. The molecule has 0 atom stereocenters. The number of aryl methyl sites for hydroxylation is 1. The Hall–Kier alpha value is -1.40. The molecular weight excluding hydrogens is 300 g/mol. The summed E-state index contributed by atoms with van der Waals surface area (Å²) in [5.74, 6) is 1.20. The molecule has 0 unspecified atom stereocenters. The van der Waals surface area contributed by atoms with Crippen molar-refractivity contribution in [1.82, 2.24) is 10.1 Å². The standard InChI is InChI=1S/C12H13BrN2O3/c1-17-6-2-3-11-14-12(18-15-11)8-4-5-9(13)10(16)7-8/h4-5,7,16H,2-3,6H2,1H3. The minimum atomic E-state index is 0.145. The molecule has 18 heavy (non-hydrogen) atoms. The Bertz CT molecular complexity index is 528. The van der Waals surface area contributed by atoms with E-state index in [0.717, 1.165) is 6.42 Å². The normalized spacial score (nSPS) is 10.8. The van der Waals surface area contributed by atoms with E-state index in [9.17, 15) is 5.11 Å². The zero-order chi connectivity index (χ0) is 13.0. The highest BCUT2D eigenvalue weighted by Crippen LogP contribution is 2.28. The maximum atomic E-state index is 9.59. The molecule has 6 heteroatoms. The van der Waals surface area contributed by atoms with Crippen molar-refractivity contribution in [3.8, 4) is 17.2 Å². The highest BCUT2D eigenvalue weighted by molar-refractivity contribution is 9.10. The van der Waals surface area contributed by atoms with Crippen LogP contribution in [0.4, 0.5) is 0 Å². The van der Waals surface area contributed by atoms with Crippen LogP contribution in [0.3, 0.4) is 0 Å². The van der Waals surface area contributed by atoms with Gasteiger partial charge in [-0.1, -0.05) is 5.16 Å². The summed E-state index contributed by atoms with van der Waals surface area (Å²) in [4.78, 5) is 4.26. The average molecular weight is 313 g/mol. The molecule has 1 aromatic heterocycles. The number of phenols is 1. The largest absolute Gasteiger partial charge is 0.507 e. The first-order valence-corrected chi connectivity index (χ1v) is 6.30. The summed E-state index contributed by atoms with van der Waals surface area (Å²) in [6, 6.07) is 5.12. The van der Waals surface area contributed by atoms with Gasteiger partial charge in [-0.25, -0.2) is 0 Å². The van der Waals surface area contributed by atoms with Gasteiger partial charge in [-0.05, 0) is 40.5 Å². The average Bonchev–Trinajstić information content (AvgIpc) is 2.82. The van der Waals surface area contributed by atoms with Crippen molar-refractivity contribution in [2.75, 3.05) is 13.7 Å². The smallest absolute Gasteiger partial charge is 0.258 e. The molecule has 1 N–H and O–H groups in total. The van der Waals surface area contributed by atoms with Crippen LogP contribution in [0.1, 0.15) is 12.2 Å². The number of nitrogens with zero attached hydrogens (tertiary/aromatic N) is 2. The van der Waals surface area contributed by atoms with E-state index in [4.69, 9.17) is 9.26 Å². The monoisotopic (exact) mass is 312 g/mol. The molecule has 0 aliphatic carbocycles. The molecule has 0 amide bonds. The van der Waals surface area contributed by atoms with Crippen molar-refractivity contribution >= 4 is 15.9 Å². The number of benzene rings is 1. The molecule has 1 aromatic carbocycles. The van der Waals surface area contributed by atoms with Gasteiger partial charge >= 0.3 is 0 Å². The zero-order valence-electron chi connectivity index (χ0n) is 9.89. The van der Waals surface area contributed by atoms with Crippen LogP contribution >= 0.6 is 15.9 Å². The van der Waals surface area contributed by atoms with Crippen molar-refractivity contribution in [3.05, 3.63) is 28.5 Å². The van der Waals surface area contributed by atoms with Crippen molar-refractivity contribution in [3.63, 3.8) is 0 Å². The topological polar surface area (TPSA) is 68.4 Å². The predicted octanol–water partition coefficient (Wildman–Crippen LogP) is 2.78. The van der Waals surface area contributed by atoms with Crippen LogP contribution in [0.15, 0.2) is 27.2 Å². The van der Waals surface area contributed by atoms with Gasteiger partial charge in [0.25, 0.3) is 5.89 Å². The van der Waals surface area contributed by atoms with Gasteiger partial charge in [0.05, 0.1) is 4.47 Å². The molecule has 0 spiro atoms. The maximum Gasteiger partial charge on any atom is 0.258 e. The van der Waals surface area contributed by atoms with Crippen LogP contribution in [-0.2, 0) is 11.2 Å². The number of methoxy groups -OCH3 is 1. The lowest BCUT2D eigenvalue weighted by molar-refractivity contribution is 0.194. The van der Waals surface area contributed by atoms with Gasteiger partial charge < -0.3 is 14.4 Å². The molecule has 0 saturated carbocycles. The van der Waals surface area contributed by atoms with Crippen molar-refractivity contribution in [1.29, 1.82) is 0 Å². The zero-order valence-corrected chi connectivity index (χ0v) is 11.5. The SMILES string of the molecule is COCCCc1noc(-c2ccc(Br)c(O)c2)n1. The number of ether oxygens (including phenoxy) is 1. The van der Waals surface area contributed by atoms with E-state index in [-0.39, 0.29) is 5.75 Å². The van der Waals surface area contributed by atoms with Crippen LogP contribution in [0.2, 0.25) is 0 Å². The van der Waals surface area contributed by atoms with E-state index in [1.807, 2.05) is 0 Å². The summed E-state index contributed by atoms with van der Waals surface area (Å²) < 4.78 is 10.7. The lowest BCUT2D eigenvalue weighted by atomic mass is 10.2. The summed E-state index contributed by atoms with van der Waals surface area (Å²) in [6.07, 6.45) is 1.56. The molecular formula is C12H13BrN2O3. The second-order valence-electron chi connectivity index (χ2n) is 3.78. The van der Waals surface area contributed by atoms with Gasteiger partial charge in [-0.15, -0.1) is 0 Å². The third-order valence-electron chi connectivity index (χ3n) is 2.41. The summed E-state index contributed by atoms with van der Waals surface area (Å²) >= 11 is 3.22. The molecule has 0 saturated heterocycles. The number of aromatic hydroxyl groups is 1.